The summed E-state index contributed by atoms with van der Waals surface area (Å²) >= 11 is 0. The van der Waals surface area contributed by atoms with Gasteiger partial charge in [-0.3, -0.25) is 5.84 Å². The lowest BCUT2D eigenvalue weighted by Crippen LogP contribution is -2.28. The lowest BCUT2D eigenvalue weighted by atomic mass is 10.1. The number of hydrogen-bond acceptors (Lipinski definition) is 3. The number of hydrazine groups is 1. The molecule has 0 spiro atoms. The van der Waals surface area contributed by atoms with E-state index in [0.717, 1.165) is 17.7 Å². The Bertz CT molecular complexity index is 298. The molecular formula is C10H14N2O. The maximum absolute atomic E-state index is 5.40. The number of nitrogens with two attached hydrogens (primary N) is 1. The quantitative estimate of drug-likeness (QED) is 0.417. The van der Waals surface area contributed by atoms with Crippen molar-refractivity contribution in [3.8, 4) is 12.3 Å². The van der Waals surface area contributed by atoms with Crippen LogP contribution in [0.15, 0.2) is 16.7 Å². The Balaban J connectivity index is 2.68. The summed E-state index contributed by atoms with van der Waals surface area (Å²) in [6.07, 6.45) is 8.31. The van der Waals surface area contributed by atoms with Gasteiger partial charge < -0.3 is 4.42 Å². The van der Waals surface area contributed by atoms with Crippen LogP contribution >= 0.6 is 0 Å². The van der Waals surface area contributed by atoms with Gasteiger partial charge in [0.15, 0.2) is 0 Å². The SMILES string of the molecule is C#CCCC(NN)c1occc1C. The molecule has 1 aromatic rings. The van der Waals surface area contributed by atoms with Crippen LogP contribution in [-0.4, -0.2) is 0 Å². The monoisotopic (exact) mass is 178 g/mol. The minimum atomic E-state index is 0.0195. The molecule has 0 amide bonds. The molecule has 13 heavy (non-hydrogen) atoms. The first-order valence-corrected chi connectivity index (χ1v) is 4.23. The standard InChI is InChI=1S/C10H14N2O/c1-3-4-5-9(12-11)10-8(2)6-7-13-10/h1,6-7,9,12H,4-5,11H2,2H3. The van der Waals surface area contributed by atoms with Crippen LogP contribution < -0.4 is 11.3 Å². The summed E-state index contributed by atoms with van der Waals surface area (Å²) in [7, 11) is 0. The fraction of sp³-hybridized carbons (Fsp3) is 0.400. The van der Waals surface area contributed by atoms with E-state index in [-0.39, 0.29) is 6.04 Å². The van der Waals surface area contributed by atoms with E-state index in [4.69, 9.17) is 16.7 Å². The van der Waals surface area contributed by atoms with Crippen molar-refractivity contribution in [3.05, 3.63) is 23.7 Å². The molecule has 1 atom stereocenters. The summed E-state index contributed by atoms with van der Waals surface area (Å²) in [5.74, 6) is 8.84. The van der Waals surface area contributed by atoms with Crippen molar-refractivity contribution in [1.29, 1.82) is 0 Å². The fourth-order valence-electron chi connectivity index (χ4n) is 1.26. The largest absolute Gasteiger partial charge is 0.467 e. The van der Waals surface area contributed by atoms with Gasteiger partial charge in [0, 0.05) is 6.42 Å². The number of terminal acetylenes is 1. The molecular weight excluding hydrogens is 164 g/mol. The van der Waals surface area contributed by atoms with Crippen molar-refractivity contribution in [3.63, 3.8) is 0 Å². The molecule has 1 rings (SSSR count). The molecule has 1 heterocycles. The molecule has 0 aromatic carbocycles. The minimum absolute atomic E-state index is 0.0195. The fourth-order valence-corrected chi connectivity index (χ4v) is 1.26. The molecule has 0 aliphatic rings. The van der Waals surface area contributed by atoms with E-state index >= 15 is 0 Å². The highest BCUT2D eigenvalue weighted by Crippen LogP contribution is 2.21. The zero-order valence-electron chi connectivity index (χ0n) is 7.71. The van der Waals surface area contributed by atoms with Gasteiger partial charge in [0.2, 0.25) is 0 Å². The maximum Gasteiger partial charge on any atom is 0.124 e. The second-order valence-electron chi connectivity index (χ2n) is 2.93. The molecule has 3 heteroatoms. The average Bonchev–Trinajstić information content (AvgIpc) is 2.54. The lowest BCUT2D eigenvalue weighted by Gasteiger charge is -2.12. The molecule has 70 valence electrons. The van der Waals surface area contributed by atoms with Crippen LogP contribution in [0.3, 0.4) is 0 Å². The van der Waals surface area contributed by atoms with E-state index in [1.807, 2.05) is 13.0 Å². The first-order chi connectivity index (χ1) is 6.29. The Morgan fingerprint density at radius 3 is 3.00 bits per heavy atom. The van der Waals surface area contributed by atoms with Crippen LogP contribution in [0.2, 0.25) is 0 Å². The molecule has 0 saturated carbocycles. The van der Waals surface area contributed by atoms with Gasteiger partial charge in [0.05, 0.1) is 12.3 Å². The van der Waals surface area contributed by atoms with E-state index in [9.17, 15) is 0 Å². The Kier molecular flexibility index (Phi) is 3.56. The van der Waals surface area contributed by atoms with Gasteiger partial charge in [0.1, 0.15) is 5.76 Å². The van der Waals surface area contributed by atoms with Gasteiger partial charge in [-0.05, 0) is 25.0 Å². The van der Waals surface area contributed by atoms with E-state index in [1.54, 1.807) is 6.26 Å². The van der Waals surface area contributed by atoms with Gasteiger partial charge in [-0.15, -0.1) is 12.3 Å². The summed E-state index contributed by atoms with van der Waals surface area (Å²) in [5, 5.41) is 0. The third-order valence-electron chi connectivity index (χ3n) is 2.00. The van der Waals surface area contributed by atoms with Crippen LogP contribution in [0, 0.1) is 19.3 Å². The Hall–Kier alpha value is -1.24. The van der Waals surface area contributed by atoms with E-state index in [1.165, 1.54) is 0 Å². The van der Waals surface area contributed by atoms with Gasteiger partial charge in [-0.25, -0.2) is 5.43 Å². The summed E-state index contributed by atoms with van der Waals surface area (Å²) < 4.78 is 5.30. The molecule has 3 N–H and O–H groups in total. The number of aryl methyl sites for hydroxylation is 1. The summed E-state index contributed by atoms with van der Waals surface area (Å²) in [6.45, 7) is 1.99. The van der Waals surface area contributed by atoms with Crippen molar-refractivity contribution in [2.24, 2.45) is 5.84 Å². The smallest absolute Gasteiger partial charge is 0.124 e. The Labute approximate surface area is 78.3 Å². The van der Waals surface area contributed by atoms with Crippen LogP contribution in [-0.2, 0) is 0 Å². The summed E-state index contributed by atoms with van der Waals surface area (Å²) in [5.41, 5.74) is 3.79. The first-order valence-electron chi connectivity index (χ1n) is 4.23. The second-order valence-corrected chi connectivity index (χ2v) is 2.93. The Morgan fingerprint density at radius 1 is 1.77 bits per heavy atom. The molecule has 1 unspecified atom stereocenters. The third kappa shape index (κ3) is 2.35. The zero-order valence-corrected chi connectivity index (χ0v) is 7.71. The molecule has 0 aliphatic carbocycles. The third-order valence-corrected chi connectivity index (χ3v) is 2.00. The van der Waals surface area contributed by atoms with Crippen LogP contribution in [0.25, 0.3) is 0 Å². The second kappa shape index (κ2) is 4.70. The van der Waals surface area contributed by atoms with Crippen LogP contribution in [0.4, 0.5) is 0 Å². The predicted molar refractivity (Wildman–Crippen MR) is 51.6 cm³/mol. The van der Waals surface area contributed by atoms with E-state index < -0.39 is 0 Å². The minimum Gasteiger partial charge on any atom is -0.467 e. The number of nitrogens with one attached hydrogen (secondary N) is 1. The first kappa shape index (κ1) is 9.85. The van der Waals surface area contributed by atoms with Crippen molar-refractivity contribution in [2.75, 3.05) is 0 Å². The van der Waals surface area contributed by atoms with Crippen LogP contribution in [0.5, 0.6) is 0 Å². The Morgan fingerprint density at radius 2 is 2.54 bits per heavy atom. The van der Waals surface area contributed by atoms with E-state index in [2.05, 4.69) is 11.3 Å². The average molecular weight is 178 g/mol. The normalized spacial score (nSPS) is 12.4. The zero-order chi connectivity index (χ0) is 9.68. The van der Waals surface area contributed by atoms with Gasteiger partial charge in [-0.2, -0.15) is 0 Å². The van der Waals surface area contributed by atoms with Crippen molar-refractivity contribution in [1.82, 2.24) is 5.43 Å². The molecule has 0 radical (unpaired) electrons. The van der Waals surface area contributed by atoms with Gasteiger partial charge in [0.25, 0.3) is 0 Å². The summed E-state index contributed by atoms with van der Waals surface area (Å²) in [4.78, 5) is 0. The molecule has 3 nitrogen and oxygen atoms in total. The van der Waals surface area contributed by atoms with Crippen molar-refractivity contribution >= 4 is 0 Å². The van der Waals surface area contributed by atoms with E-state index in [0.29, 0.717) is 6.42 Å². The molecule has 0 bridgehead atoms. The number of rotatable bonds is 4. The van der Waals surface area contributed by atoms with Crippen molar-refractivity contribution < 1.29 is 4.42 Å². The van der Waals surface area contributed by atoms with Gasteiger partial charge in [-0.1, -0.05) is 0 Å². The molecule has 0 saturated heterocycles. The lowest BCUT2D eigenvalue weighted by molar-refractivity contribution is 0.401. The highest BCUT2D eigenvalue weighted by Gasteiger charge is 2.14. The van der Waals surface area contributed by atoms with Gasteiger partial charge >= 0.3 is 0 Å². The predicted octanol–water partition coefficient (Wildman–Crippen LogP) is 1.51. The highest BCUT2D eigenvalue weighted by molar-refractivity contribution is 5.18. The van der Waals surface area contributed by atoms with Crippen LogP contribution in [0.1, 0.15) is 30.2 Å². The number of furan rings is 1. The molecule has 0 fully saturated rings. The molecule has 1 aromatic heterocycles. The topological polar surface area (TPSA) is 51.2 Å². The maximum atomic E-state index is 5.40. The highest BCUT2D eigenvalue weighted by atomic mass is 16.3. The summed E-state index contributed by atoms with van der Waals surface area (Å²) in [6, 6.07) is 1.93. The van der Waals surface area contributed by atoms with Crippen molar-refractivity contribution in [2.45, 2.75) is 25.8 Å². The molecule has 0 aliphatic heterocycles. The number of hydrogen-bond donors (Lipinski definition) is 2.